The van der Waals surface area contributed by atoms with E-state index >= 15 is 0 Å². The molecule has 55 heavy (non-hydrogen) atoms. The van der Waals surface area contributed by atoms with Crippen LogP contribution in [0.2, 0.25) is 5.02 Å². The molecule has 0 saturated carbocycles. The number of nitro groups is 1. The molecule has 0 aliphatic carbocycles. The quantitative estimate of drug-likeness (QED) is 0.0707. The van der Waals surface area contributed by atoms with Crippen LogP contribution in [0, 0.1) is 10.1 Å². The number of rotatable bonds is 12. The predicted octanol–water partition coefficient (Wildman–Crippen LogP) is 7.33. The molecule has 1 atom stereocenters. The maximum absolute atomic E-state index is 14.6. The molecule has 278 valence electrons. The van der Waals surface area contributed by atoms with Gasteiger partial charge >= 0.3 is 5.97 Å². The van der Waals surface area contributed by atoms with Crippen molar-refractivity contribution in [2.45, 2.75) is 43.4 Å². The van der Waals surface area contributed by atoms with Gasteiger partial charge in [0.2, 0.25) is 0 Å². The van der Waals surface area contributed by atoms with Crippen LogP contribution < -0.4 is 19.6 Å². The maximum Gasteiger partial charge on any atom is 0.338 e. The number of nitrogens with zero attached hydrogens (tertiary/aromatic N) is 6. The Labute approximate surface area is 328 Å². The van der Waals surface area contributed by atoms with E-state index in [2.05, 4.69) is 10.2 Å². The average molecular weight is 793 g/mol. The molecule has 1 aliphatic rings. The average Bonchev–Trinajstić information content (AvgIpc) is 3.74. The van der Waals surface area contributed by atoms with Crippen LogP contribution in [0.25, 0.3) is 23.2 Å². The lowest BCUT2D eigenvalue weighted by Crippen LogP contribution is -2.40. The lowest BCUT2D eigenvalue weighted by Gasteiger charge is -2.26. The van der Waals surface area contributed by atoms with Crippen LogP contribution >= 0.6 is 34.7 Å². The highest BCUT2D eigenvalue weighted by atomic mass is 35.5. The number of benzene rings is 4. The third kappa shape index (κ3) is 7.61. The molecule has 0 N–H and O–H groups in total. The number of fused-ring (bicyclic) bond motifs is 1. The molecule has 0 unspecified atom stereocenters. The van der Waals surface area contributed by atoms with Crippen LogP contribution in [0.4, 0.5) is 5.69 Å². The van der Waals surface area contributed by atoms with Crippen molar-refractivity contribution in [3.63, 3.8) is 0 Å². The number of thiazole rings is 1. The van der Waals surface area contributed by atoms with E-state index in [1.165, 1.54) is 28.5 Å². The van der Waals surface area contributed by atoms with E-state index in [1.54, 1.807) is 43.3 Å². The second-order valence-corrected chi connectivity index (χ2v) is 14.5. The van der Waals surface area contributed by atoms with Gasteiger partial charge in [-0.2, -0.15) is 0 Å². The van der Waals surface area contributed by atoms with Crippen LogP contribution in [0.1, 0.15) is 43.5 Å². The van der Waals surface area contributed by atoms with E-state index < -0.39 is 22.5 Å². The fourth-order valence-corrected chi connectivity index (χ4v) is 8.41. The van der Waals surface area contributed by atoms with E-state index in [-0.39, 0.29) is 22.4 Å². The summed E-state index contributed by atoms with van der Waals surface area (Å²) in [5.74, 6) is 0.649. The Bertz CT molecular complexity index is 2640. The molecule has 7 rings (SSSR count). The summed E-state index contributed by atoms with van der Waals surface area (Å²) in [4.78, 5) is 45.9. The van der Waals surface area contributed by atoms with E-state index in [9.17, 15) is 19.7 Å². The molecule has 0 fully saturated rings. The van der Waals surface area contributed by atoms with Crippen molar-refractivity contribution in [2.24, 2.45) is 4.99 Å². The Hall–Kier alpha value is -5.83. The van der Waals surface area contributed by atoms with Gasteiger partial charge in [-0.15, -0.1) is 10.2 Å². The zero-order chi connectivity index (χ0) is 38.6. The van der Waals surface area contributed by atoms with Gasteiger partial charge in [0.25, 0.3) is 11.2 Å². The van der Waals surface area contributed by atoms with Gasteiger partial charge in [0.05, 0.1) is 40.0 Å². The summed E-state index contributed by atoms with van der Waals surface area (Å²) in [5, 5.41) is 22.0. The van der Waals surface area contributed by atoms with Crippen molar-refractivity contribution >= 4 is 58.1 Å². The van der Waals surface area contributed by atoms with Crippen LogP contribution in [-0.4, -0.2) is 43.4 Å². The number of hydrogen-bond acceptors (Lipinski definition) is 11. The van der Waals surface area contributed by atoms with E-state index in [4.69, 9.17) is 26.1 Å². The lowest BCUT2D eigenvalue weighted by atomic mass is 9.93. The number of carbonyl (C=O) groups is 1. The number of carbonyl (C=O) groups excluding carboxylic acids is 1. The van der Waals surface area contributed by atoms with E-state index in [0.29, 0.717) is 67.0 Å². The highest BCUT2D eigenvalue weighted by Gasteiger charge is 2.35. The molecule has 4 aromatic carbocycles. The van der Waals surface area contributed by atoms with Crippen LogP contribution in [-0.2, 0) is 16.1 Å². The van der Waals surface area contributed by atoms with Gasteiger partial charge in [-0.25, -0.2) is 9.79 Å². The first-order chi connectivity index (χ1) is 26.7. The third-order valence-corrected chi connectivity index (χ3v) is 11.0. The summed E-state index contributed by atoms with van der Waals surface area (Å²) in [5.41, 5.74) is 2.53. The number of esters is 1. The summed E-state index contributed by atoms with van der Waals surface area (Å²) < 4.78 is 14.9. The minimum absolute atomic E-state index is 0.116. The molecule has 6 aromatic rings. The number of aromatic nitrogens is 4. The second kappa shape index (κ2) is 16.3. The Kier molecular flexibility index (Phi) is 11.1. The van der Waals surface area contributed by atoms with Crippen molar-refractivity contribution in [3.05, 3.63) is 154 Å². The fraction of sp³-hybridized carbons (Fsp3) is 0.175. The molecule has 12 nitrogen and oxygen atoms in total. The first kappa shape index (κ1) is 37.5. The highest BCUT2D eigenvalue weighted by molar-refractivity contribution is 7.99. The standard InChI is InChI=1S/C40H33ClN6O6S2/c1-4-45-36(26-13-10-14-28(41)21-26)43-44-40(45)54-31-20-17-29(47(50)51)22-27(31)23-32-37(48)46-35(25-15-18-30(19-16-25)52-5-2)33(38(49)53-6-3)34(42-39(46)55-32)24-11-8-7-9-12-24/h7-23,35H,4-6H2,1-3H3/b32-23-/t35-/m1/s1. The second-order valence-electron chi connectivity index (χ2n) is 12.1. The summed E-state index contributed by atoms with van der Waals surface area (Å²) in [6.45, 7) is 6.70. The van der Waals surface area contributed by atoms with Gasteiger partial charge in [-0.05, 0) is 80.1 Å². The Balaban J connectivity index is 1.41. The molecule has 0 radical (unpaired) electrons. The van der Waals surface area contributed by atoms with Gasteiger partial charge in [0.1, 0.15) is 5.75 Å². The van der Waals surface area contributed by atoms with Crippen LogP contribution in [0.3, 0.4) is 0 Å². The van der Waals surface area contributed by atoms with E-state index in [0.717, 1.165) is 16.9 Å². The van der Waals surface area contributed by atoms with Crippen molar-refractivity contribution in [1.29, 1.82) is 0 Å². The number of ether oxygens (including phenoxy) is 2. The van der Waals surface area contributed by atoms with Crippen molar-refractivity contribution in [2.75, 3.05) is 13.2 Å². The maximum atomic E-state index is 14.6. The summed E-state index contributed by atoms with van der Waals surface area (Å²) in [6.07, 6.45) is 1.62. The molecule has 2 aromatic heterocycles. The summed E-state index contributed by atoms with van der Waals surface area (Å²) in [7, 11) is 0. The fourth-order valence-electron chi connectivity index (χ4n) is 6.25. The van der Waals surface area contributed by atoms with Crippen molar-refractivity contribution in [3.8, 4) is 17.1 Å². The minimum atomic E-state index is -0.907. The third-order valence-electron chi connectivity index (χ3n) is 8.69. The Morgan fingerprint density at radius 2 is 1.73 bits per heavy atom. The molecule has 0 saturated heterocycles. The predicted molar refractivity (Wildman–Crippen MR) is 212 cm³/mol. The Morgan fingerprint density at radius 3 is 2.42 bits per heavy atom. The molecule has 0 bridgehead atoms. The van der Waals surface area contributed by atoms with Gasteiger partial charge < -0.3 is 14.0 Å². The first-order valence-corrected chi connectivity index (χ1v) is 19.4. The monoisotopic (exact) mass is 792 g/mol. The highest BCUT2D eigenvalue weighted by Crippen LogP contribution is 2.37. The molecule has 0 spiro atoms. The zero-order valence-corrected chi connectivity index (χ0v) is 32.2. The van der Waals surface area contributed by atoms with Gasteiger partial charge in [-0.1, -0.05) is 77.5 Å². The SMILES string of the molecule is CCOC(=O)C1=C(c2ccccc2)N=c2s/c(=C\c3cc([N+](=O)[O-])ccc3Sc3nnc(-c4cccc(Cl)c4)n3CC)c(=O)n2[C@@H]1c1ccc(OCC)cc1. The molecule has 3 heterocycles. The van der Waals surface area contributed by atoms with Gasteiger partial charge in [0.15, 0.2) is 15.8 Å². The van der Waals surface area contributed by atoms with Gasteiger partial charge in [-0.3, -0.25) is 19.5 Å². The van der Waals surface area contributed by atoms with Crippen LogP contribution in [0.15, 0.2) is 122 Å². The smallest absolute Gasteiger partial charge is 0.338 e. The number of halogens is 1. The minimum Gasteiger partial charge on any atom is -0.494 e. The topological polar surface area (TPSA) is 144 Å². The molecular weight excluding hydrogens is 760 g/mol. The molecule has 15 heteroatoms. The van der Waals surface area contributed by atoms with Crippen LogP contribution in [0.5, 0.6) is 5.75 Å². The summed E-state index contributed by atoms with van der Waals surface area (Å²) in [6, 6.07) is 27.4. The summed E-state index contributed by atoms with van der Waals surface area (Å²) >= 11 is 8.66. The number of nitro benzene ring substituents is 1. The van der Waals surface area contributed by atoms with Gasteiger partial charge in [0, 0.05) is 39.7 Å². The molecule has 1 aliphatic heterocycles. The van der Waals surface area contributed by atoms with E-state index in [1.807, 2.05) is 73.0 Å². The first-order valence-electron chi connectivity index (χ1n) is 17.4. The largest absolute Gasteiger partial charge is 0.494 e. The molecule has 0 amide bonds. The lowest BCUT2D eigenvalue weighted by molar-refractivity contribution is -0.384. The Morgan fingerprint density at radius 1 is 0.964 bits per heavy atom. The number of hydrogen-bond donors (Lipinski definition) is 0. The number of non-ortho nitro benzene ring substituents is 1. The van der Waals surface area contributed by atoms with Crippen molar-refractivity contribution in [1.82, 2.24) is 19.3 Å². The molecular formula is C40H33ClN6O6S2. The normalized spacial score (nSPS) is 14.0. The van der Waals surface area contributed by atoms with Crippen molar-refractivity contribution < 1.29 is 19.2 Å². The zero-order valence-electron chi connectivity index (χ0n) is 29.8.